The van der Waals surface area contributed by atoms with E-state index in [1.54, 1.807) is 6.20 Å². The second-order valence-corrected chi connectivity index (χ2v) is 8.72. The topological polar surface area (TPSA) is 61.2 Å². The van der Waals surface area contributed by atoms with Crippen molar-refractivity contribution in [3.8, 4) is 0 Å². The van der Waals surface area contributed by atoms with Gasteiger partial charge in [-0.3, -0.25) is 0 Å². The van der Waals surface area contributed by atoms with Gasteiger partial charge in [0.05, 0.1) is 5.60 Å². The zero-order valence-corrected chi connectivity index (χ0v) is 13.8. The molecule has 0 N–H and O–H groups in total. The van der Waals surface area contributed by atoms with Crippen molar-refractivity contribution >= 4 is 19.7 Å². The summed E-state index contributed by atoms with van der Waals surface area (Å²) in [4.78, 5) is 4.09. The molecule has 7 heteroatoms. The van der Waals surface area contributed by atoms with Crippen LogP contribution in [-0.4, -0.2) is 30.2 Å². The third-order valence-corrected chi connectivity index (χ3v) is 5.94. The first kappa shape index (κ1) is 15.3. The Bertz CT molecular complexity index is 615. The number of halogens is 1. The second kappa shape index (κ2) is 5.56. The van der Waals surface area contributed by atoms with Crippen LogP contribution in [0, 0.1) is 6.92 Å². The van der Waals surface area contributed by atoms with Crippen LogP contribution in [0.4, 0.5) is 0 Å². The lowest BCUT2D eigenvalue weighted by molar-refractivity contribution is -0.114. The van der Waals surface area contributed by atoms with Crippen molar-refractivity contribution in [2.45, 2.75) is 68.5 Å². The second-order valence-electron chi connectivity index (χ2n) is 6.21. The molecule has 1 aliphatic heterocycles. The Morgan fingerprint density at radius 2 is 2.10 bits per heavy atom. The zero-order chi connectivity index (χ0) is 15.1. The van der Waals surface area contributed by atoms with Gasteiger partial charge >= 0.3 is 0 Å². The Hall–Kier alpha value is -0.590. The molecular formula is C14H21ClN2O3S. The van der Waals surface area contributed by atoms with Crippen molar-refractivity contribution in [2.24, 2.45) is 0 Å². The van der Waals surface area contributed by atoms with Crippen LogP contribution in [0.15, 0.2) is 11.2 Å². The van der Waals surface area contributed by atoms with Crippen molar-refractivity contribution in [1.82, 2.24) is 9.55 Å². The van der Waals surface area contributed by atoms with E-state index < -0.39 is 9.05 Å². The van der Waals surface area contributed by atoms with Gasteiger partial charge in [-0.25, -0.2) is 13.4 Å². The molecule has 1 aromatic rings. The fourth-order valence-electron chi connectivity index (χ4n) is 3.73. The van der Waals surface area contributed by atoms with E-state index in [-0.39, 0.29) is 16.7 Å². The molecule has 2 fully saturated rings. The lowest BCUT2D eigenvalue weighted by atomic mass is 9.78. The quantitative estimate of drug-likeness (QED) is 0.780. The molecule has 1 spiro atoms. The number of ether oxygens (including phenoxy) is 1. The number of aromatic nitrogens is 2. The molecule has 0 bridgehead atoms. The summed E-state index contributed by atoms with van der Waals surface area (Å²) in [6.45, 7) is 2.56. The molecular weight excluding hydrogens is 312 g/mol. The summed E-state index contributed by atoms with van der Waals surface area (Å²) in [6.07, 6.45) is 9.34. The molecule has 1 saturated heterocycles. The third-order valence-electron chi connectivity index (χ3n) is 4.77. The summed E-state index contributed by atoms with van der Waals surface area (Å²) in [5.41, 5.74) is -0.0160. The maximum absolute atomic E-state index is 11.4. The Morgan fingerprint density at radius 3 is 2.71 bits per heavy atom. The van der Waals surface area contributed by atoms with Gasteiger partial charge in [0.1, 0.15) is 5.82 Å². The van der Waals surface area contributed by atoms with Crippen molar-refractivity contribution in [3.05, 3.63) is 12.0 Å². The highest BCUT2D eigenvalue weighted by molar-refractivity contribution is 8.13. The van der Waals surface area contributed by atoms with Crippen LogP contribution in [0.1, 0.15) is 56.8 Å². The molecule has 5 nitrogen and oxygen atoms in total. The van der Waals surface area contributed by atoms with Crippen LogP contribution in [0.2, 0.25) is 0 Å². The Morgan fingerprint density at radius 1 is 1.38 bits per heavy atom. The SMILES string of the molecule is Cc1nc(S(=O)(=O)Cl)cn1C1CCOC2(CCCCC2)C1. The molecule has 1 aromatic heterocycles. The van der Waals surface area contributed by atoms with E-state index in [0.29, 0.717) is 5.82 Å². The van der Waals surface area contributed by atoms with Crippen LogP contribution in [0.3, 0.4) is 0 Å². The highest BCUT2D eigenvalue weighted by Crippen LogP contribution is 2.42. The zero-order valence-electron chi connectivity index (χ0n) is 12.2. The predicted octanol–water partition coefficient (Wildman–Crippen LogP) is 3.17. The van der Waals surface area contributed by atoms with Gasteiger partial charge in [0, 0.05) is 29.5 Å². The minimum atomic E-state index is -3.77. The van der Waals surface area contributed by atoms with Gasteiger partial charge in [-0.1, -0.05) is 19.3 Å². The Labute approximate surface area is 130 Å². The largest absolute Gasteiger partial charge is 0.375 e. The summed E-state index contributed by atoms with van der Waals surface area (Å²) in [5, 5.41) is -0.0501. The normalized spacial score (nSPS) is 26.1. The first-order valence-corrected chi connectivity index (χ1v) is 9.85. The minimum absolute atomic E-state index is 0.0160. The third kappa shape index (κ3) is 3.12. The van der Waals surface area contributed by atoms with E-state index in [0.717, 1.165) is 32.3 Å². The van der Waals surface area contributed by atoms with E-state index in [4.69, 9.17) is 15.4 Å². The molecule has 1 unspecified atom stereocenters. The average molecular weight is 333 g/mol. The summed E-state index contributed by atoms with van der Waals surface area (Å²) in [5.74, 6) is 0.701. The Kier molecular flexibility index (Phi) is 4.05. The number of nitrogens with zero attached hydrogens (tertiary/aromatic N) is 2. The number of imidazole rings is 1. The molecule has 2 heterocycles. The summed E-state index contributed by atoms with van der Waals surface area (Å²) in [7, 11) is 1.63. The average Bonchev–Trinajstić information content (AvgIpc) is 2.82. The van der Waals surface area contributed by atoms with Crippen LogP contribution in [0.25, 0.3) is 0 Å². The smallest absolute Gasteiger partial charge is 0.280 e. The van der Waals surface area contributed by atoms with E-state index in [1.807, 2.05) is 11.5 Å². The number of hydrogen-bond donors (Lipinski definition) is 0. The highest BCUT2D eigenvalue weighted by atomic mass is 35.7. The van der Waals surface area contributed by atoms with Crippen molar-refractivity contribution in [2.75, 3.05) is 6.61 Å². The van der Waals surface area contributed by atoms with Gasteiger partial charge in [-0.2, -0.15) is 0 Å². The van der Waals surface area contributed by atoms with Crippen molar-refractivity contribution < 1.29 is 13.2 Å². The molecule has 0 aromatic carbocycles. The van der Waals surface area contributed by atoms with Crippen molar-refractivity contribution in [1.29, 1.82) is 0 Å². The minimum Gasteiger partial charge on any atom is -0.375 e. The van der Waals surface area contributed by atoms with E-state index in [1.165, 1.54) is 19.3 Å². The number of rotatable bonds is 2. The number of hydrogen-bond acceptors (Lipinski definition) is 4. The maximum Gasteiger partial charge on any atom is 0.280 e. The standard InChI is InChI=1S/C14H21ClN2O3S/c1-11-16-13(21(15,18)19)10-17(11)12-5-8-20-14(9-12)6-3-2-4-7-14/h10,12H,2-9H2,1H3. The molecule has 118 valence electrons. The molecule has 2 aliphatic rings. The molecule has 1 saturated carbocycles. The van der Waals surface area contributed by atoms with Crippen LogP contribution in [0.5, 0.6) is 0 Å². The van der Waals surface area contributed by atoms with Gasteiger partial charge in [0.2, 0.25) is 0 Å². The molecule has 21 heavy (non-hydrogen) atoms. The first-order chi connectivity index (χ1) is 9.90. The lowest BCUT2D eigenvalue weighted by Gasteiger charge is -2.44. The van der Waals surface area contributed by atoms with E-state index >= 15 is 0 Å². The van der Waals surface area contributed by atoms with Gasteiger partial charge in [0.25, 0.3) is 9.05 Å². The summed E-state index contributed by atoms with van der Waals surface area (Å²) < 4.78 is 30.9. The Balaban J connectivity index is 1.85. The summed E-state index contributed by atoms with van der Waals surface area (Å²) in [6, 6.07) is 0.247. The fourth-order valence-corrected chi connectivity index (χ4v) is 4.43. The molecule has 1 aliphatic carbocycles. The molecule has 1 atom stereocenters. The van der Waals surface area contributed by atoms with Gasteiger partial charge in [0.15, 0.2) is 5.03 Å². The number of aryl methyl sites for hydroxylation is 1. The highest BCUT2D eigenvalue weighted by Gasteiger charge is 2.39. The first-order valence-electron chi connectivity index (χ1n) is 7.54. The van der Waals surface area contributed by atoms with Gasteiger partial charge < -0.3 is 9.30 Å². The van der Waals surface area contributed by atoms with Crippen LogP contribution >= 0.6 is 10.7 Å². The lowest BCUT2D eigenvalue weighted by Crippen LogP contribution is -2.42. The van der Waals surface area contributed by atoms with Crippen molar-refractivity contribution in [3.63, 3.8) is 0 Å². The molecule has 0 radical (unpaired) electrons. The fraction of sp³-hybridized carbons (Fsp3) is 0.786. The van der Waals surface area contributed by atoms with Gasteiger partial charge in [-0.05, 0) is 32.6 Å². The van der Waals surface area contributed by atoms with E-state index in [9.17, 15) is 8.42 Å². The van der Waals surface area contributed by atoms with Crippen LogP contribution in [-0.2, 0) is 13.8 Å². The summed E-state index contributed by atoms with van der Waals surface area (Å²) >= 11 is 0. The molecule has 0 amide bonds. The predicted molar refractivity (Wildman–Crippen MR) is 80.0 cm³/mol. The van der Waals surface area contributed by atoms with Gasteiger partial charge in [-0.15, -0.1) is 0 Å². The molecule has 3 rings (SSSR count). The van der Waals surface area contributed by atoms with E-state index in [2.05, 4.69) is 4.98 Å². The monoisotopic (exact) mass is 332 g/mol. The van der Waals surface area contributed by atoms with Crippen LogP contribution < -0.4 is 0 Å². The maximum atomic E-state index is 11.4.